The zero-order valence-corrected chi connectivity index (χ0v) is 7.92. The molecule has 2 N–H and O–H groups in total. The minimum Gasteiger partial charge on any atom is -0.450 e. The molecule has 0 aliphatic carbocycles. The fourth-order valence-corrected chi connectivity index (χ4v) is 0. The molecule has 0 heterocycles. The SMILES string of the molecule is C=C[CH2][K].O=C(O)O. The largest absolute Gasteiger partial charge is 0.503 e. The molecular formula is C4H7KO3. The summed E-state index contributed by atoms with van der Waals surface area (Å²) in [6.45, 7) is 3.53. The van der Waals surface area contributed by atoms with Gasteiger partial charge in [0.2, 0.25) is 0 Å². The van der Waals surface area contributed by atoms with Crippen molar-refractivity contribution in [1.29, 1.82) is 0 Å². The van der Waals surface area contributed by atoms with Crippen LogP contribution in [-0.2, 0) is 0 Å². The van der Waals surface area contributed by atoms with Crippen LogP contribution in [0.25, 0.3) is 0 Å². The Kier molecular flexibility index (Phi) is 15.2. The molecule has 0 aliphatic heterocycles. The van der Waals surface area contributed by atoms with Crippen LogP contribution in [0.15, 0.2) is 12.7 Å². The quantitative estimate of drug-likeness (QED) is 0.424. The van der Waals surface area contributed by atoms with Crippen LogP contribution in [0.5, 0.6) is 0 Å². The van der Waals surface area contributed by atoms with Crippen LogP contribution in [0.2, 0.25) is 0.515 Å². The third-order valence-electron chi connectivity index (χ3n) is 0.289. The van der Waals surface area contributed by atoms with E-state index in [0.29, 0.717) is 0 Å². The Labute approximate surface area is 82.0 Å². The van der Waals surface area contributed by atoms with Crippen LogP contribution in [0.3, 0.4) is 0 Å². The Bertz CT molecular complexity index is 67.7. The van der Waals surface area contributed by atoms with E-state index in [1.807, 2.05) is 6.08 Å². The van der Waals surface area contributed by atoms with Crippen LogP contribution in [-0.4, -0.2) is 65.3 Å². The van der Waals surface area contributed by atoms with Crippen molar-refractivity contribution in [2.45, 2.75) is 0.515 Å². The average molecular weight is 142 g/mol. The molecule has 0 atom stereocenters. The second-order valence-electron chi connectivity index (χ2n) is 0.979. The summed E-state index contributed by atoms with van der Waals surface area (Å²) in [6, 6.07) is 0. The van der Waals surface area contributed by atoms with Crippen LogP contribution in [0.4, 0.5) is 4.79 Å². The number of hydrogen-bond donors (Lipinski definition) is 2. The normalized spacial score (nSPS) is 6.25. The standard InChI is InChI=1S/C3H5.CH2O3.K/c1-3-2;2-1(3)4;/h3H,1-2H2;(H2,2,3,4);. The van der Waals surface area contributed by atoms with Gasteiger partial charge in [-0.1, -0.05) is 0 Å². The summed E-state index contributed by atoms with van der Waals surface area (Å²) < 4.78 is 1.27. The molecule has 0 rings (SSSR count). The Morgan fingerprint density at radius 2 is 1.88 bits per heavy atom. The maximum atomic E-state index is 8.56. The molecule has 0 amide bonds. The fraction of sp³-hybridized carbons (Fsp3) is 0.250. The van der Waals surface area contributed by atoms with E-state index in [9.17, 15) is 0 Å². The molecule has 0 aromatic heterocycles. The van der Waals surface area contributed by atoms with Gasteiger partial charge < -0.3 is 10.2 Å². The molecule has 8 heavy (non-hydrogen) atoms. The second kappa shape index (κ2) is 10.6. The van der Waals surface area contributed by atoms with E-state index in [1.54, 1.807) is 0 Å². The van der Waals surface area contributed by atoms with Crippen molar-refractivity contribution in [3.8, 4) is 0 Å². The topological polar surface area (TPSA) is 57.5 Å². The number of carboxylic acid groups (broad SMARTS) is 2. The summed E-state index contributed by atoms with van der Waals surface area (Å²) in [6.07, 6.45) is 0.125. The predicted molar refractivity (Wildman–Crippen MR) is 31.4 cm³/mol. The molecule has 0 aromatic carbocycles. The Hall–Kier alpha value is 0.646. The van der Waals surface area contributed by atoms with Gasteiger partial charge in [0.1, 0.15) is 0 Å². The molecular weight excluding hydrogens is 135 g/mol. The van der Waals surface area contributed by atoms with E-state index >= 15 is 0 Å². The summed E-state index contributed by atoms with van der Waals surface area (Å²) in [5.41, 5.74) is 0. The van der Waals surface area contributed by atoms with Gasteiger partial charge in [-0.25, -0.2) is 4.79 Å². The second-order valence-corrected chi connectivity index (χ2v) is 2.25. The molecule has 0 saturated carbocycles. The van der Waals surface area contributed by atoms with Crippen molar-refractivity contribution in [1.82, 2.24) is 0 Å². The first-order valence-corrected chi connectivity index (χ1v) is 4.38. The van der Waals surface area contributed by atoms with Crippen molar-refractivity contribution in [2.75, 3.05) is 0 Å². The van der Waals surface area contributed by atoms with Crippen molar-refractivity contribution >= 4 is 55.1 Å². The van der Waals surface area contributed by atoms with Gasteiger partial charge in [0.25, 0.3) is 0 Å². The van der Waals surface area contributed by atoms with Crippen molar-refractivity contribution in [3.63, 3.8) is 0 Å². The summed E-state index contributed by atoms with van der Waals surface area (Å²) in [5.74, 6) is 0. The van der Waals surface area contributed by atoms with Crippen LogP contribution in [0.1, 0.15) is 0 Å². The van der Waals surface area contributed by atoms with Gasteiger partial charge in [0.05, 0.1) is 0 Å². The minimum atomic E-state index is -1.83. The molecule has 0 saturated heterocycles. The zero-order valence-electron chi connectivity index (χ0n) is 4.79. The Morgan fingerprint density at radius 1 is 1.75 bits per heavy atom. The van der Waals surface area contributed by atoms with Crippen LogP contribution < -0.4 is 0 Å². The molecule has 3 nitrogen and oxygen atoms in total. The minimum absolute atomic E-state index is 0.995. The molecule has 0 spiro atoms. The molecule has 0 bridgehead atoms. The van der Waals surface area contributed by atoms with Crippen LogP contribution >= 0.6 is 0 Å². The number of rotatable bonds is 1. The maximum absolute atomic E-state index is 8.56. The number of hydrogen-bond acceptors (Lipinski definition) is 1. The van der Waals surface area contributed by atoms with Gasteiger partial charge in [-0.05, 0) is 0 Å². The molecule has 0 fully saturated rings. The summed E-state index contributed by atoms with van der Waals surface area (Å²) >= 11 is 0.995. The first-order chi connectivity index (χ1) is 3.65. The molecule has 42 valence electrons. The van der Waals surface area contributed by atoms with E-state index in [-0.39, 0.29) is 0 Å². The summed E-state index contributed by atoms with van der Waals surface area (Å²) in [7, 11) is 0. The Morgan fingerprint density at radius 3 is 1.88 bits per heavy atom. The summed E-state index contributed by atoms with van der Waals surface area (Å²) in [5, 5.41) is 13.9. The first-order valence-electron chi connectivity index (χ1n) is 2.17. The predicted octanol–water partition coefficient (Wildman–Crippen LogP) is 0.982. The van der Waals surface area contributed by atoms with Gasteiger partial charge in [0, 0.05) is 0 Å². The van der Waals surface area contributed by atoms with Crippen molar-refractivity contribution in [2.24, 2.45) is 0 Å². The van der Waals surface area contributed by atoms with Gasteiger partial charge >= 0.3 is 68.3 Å². The molecule has 4 heteroatoms. The van der Waals surface area contributed by atoms with Gasteiger partial charge in [0.15, 0.2) is 0 Å². The molecule has 0 radical (unpaired) electrons. The zero-order chi connectivity index (χ0) is 6.99. The molecule has 0 aromatic rings. The smallest absolute Gasteiger partial charge is 0.450 e. The number of allylic oxidation sites excluding steroid dienone is 1. The van der Waals surface area contributed by atoms with E-state index < -0.39 is 6.16 Å². The van der Waals surface area contributed by atoms with Crippen LogP contribution in [0, 0.1) is 0 Å². The van der Waals surface area contributed by atoms with E-state index in [0.717, 1.165) is 49.0 Å². The maximum Gasteiger partial charge on any atom is 0.503 e. The van der Waals surface area contributed by atoms with E-state index in [4.69, 9.17) is 15.0 Å². The summed E-state index contributed by atoms with van der Waals surface area (Å²) in [4.78, 5) is 8.56. The monoisotopic (exact) mass is 142 g/mol. The third-order valence-corrected chi connectivity index (χ3v) is 1.19. The van der Waals surface area contributed by atoms with E-state index in [2.05, 4.69) is 6.58 Å². The average Bonchev–Trinajstić information content (AvgIpc) is 1.65. The number of carbonyl (C=O) groups is 1. The van der Waals surface area contributed by atoms with E-state index in [1.165, 1.54) is 0.515 Å². The van der Waals surface area contributed by atoms with Crippen molar-refractivity contribution in [3.05, 3.63) is 12.7 Å². The molecule has 0 unspecified atom stereocenters. The van der Waals surface area contributed by atoms with Gasteiger partial charge in [-0.3, -0.25) is 0 Å². The Balaban J connectivity index is 0. The third kappa shape index (κ3) is 78.2. The first kappa shape index (κ1) is 11.4. The molecule has 0 aliphatic rings. The van der Waals surface area contributed by atoms with Gasteiger partial charge in [-0.2, -0.15) is 0 Å². The van der Waals surface area contributed by atoms with Crippen molar-refractivity contribution < 1.29 is 15.0 Å². The van der Waals surface area contributed by atoms with Gasteiger partial charge in [-0.15, -0.1) is 0 Å². The fourth-order valence-electron chi connectivity index (χ4n) is 0.